The summed E-state index contributed by atoms with van der Waals surface area (Å²) in [6, 6.07) is 19.2. The first-order valence-corrected chi connectivity index (χ1v) is 11.9. The number of hydrogen-bond acceptors (Lipinski definition) is 4. The number of anilines is 1. The molecule has 32 heavy (non-hydrogen) atoms. The van der Waals surface area contributed by atoms with Crippen molar-refractivity contribution in [3.8, 4) is 0 Å². The number of nitrogens with zero attached hydrogens (tertiary/aromatic N) is 3. The van der Waals surface area contributed by atoms with Gasteiger partial charge >= 0.3 is 0 Å². The van der Waals surface area contributed by atoms with Crippen LogP contribution in [0.15, 0.2) is 54.6 Å². The maximum atomic E-state index is 12.7. The lowest BCUT2D eigenvalue weighted by molar-refractivity contribution is -0.125. The van der Waals surface area contributed by atoms with Crippen LogP contribution in [0.3, 0.4) is 0 Å². The van der Waals surface area contributed by atoms with E-state index in [1.54, 1.807) is 0 Å². The predicted molar refractivity (Wildman–Crippen MR) is 131 cm³/mol. The lowest BCUT2D eigenvalue weighted by Gasteiger charge is -2.31. The third-order valence-corrected chi connectivity index (χ3v) is 6.42. The molecule has 2 aromatic carbocycles. The molecule has 1 saturated heterocycles. The second kappa shape index (κ2) is 10.6. The number of benzene rings is 2. The summed E-state index contributed by atoms with van der Waals surface area (Å²) in [6.07, 6.45) is 2.71. The zero-order valence-corrected chi connectivity index (χ0v) is 19.3. The van der Waals surface area contributed by atoms with Crippen molar-refractivity contribution in [1.29, 1.82) is 0 Å². The van der Waals surface area contributed by atoms with Crippen LogP contribution < -0.4 is 10.2 Å². The Morgan fingerprint density at radius 3 is 2.56 bits per heavy atom. The van der Waals surface area contributed by atoms with Crippen LogP contribution in [0, 0.1) is 5.92 Å². The van der Waals surface area contributed by atoms with Gasteiger partial charge in [-0.25, -0.2) is 4.98 Å². The van der Waals surface area contributed by atoms with Gasteiger partial charge in [0.25, 0.3) is 0 Å². The van der Waals surface area contributed by atoms with E-state index in [9.17, 15) is 4.79 Å². The van der Waals surface area contributed by atoms with Gasteiger partial charge in [0, 0.05) is 44.7 Å². The minimum atomic E-state index is 0.0983. The van der Waals surface area contributed by atoms with Crippen LogP contribution in [0.2, 0.25) is 0 Å². The Morgan fingerprint density at radius 2 is 1.84 bits per heavy atom. The van der Waals surface area contributed by atoms with Crippen molar-refractivity contribution < 1.29 is 4.79 Å². The van der Waals surface area contributed by atoms with Gasteiger partial charge < -0.3 is 15.2 Å². The highest BCUT2D eigenvalue weighted by Crippen LogP contribution is 2.23. The highest BCUT2D eigenvalue weighted by Gasteiger charge is 2.26. The van der Waals surface area contributed by atoms with E-state index in [1.807, 2.05) is 24.3 Å². The average molecular weight is 434 g/mol. The van der Waals surface area contributed by atoms with Crippen LogP contribution in [-0.2, 0) is 11.3 Å². The Hall–Kier alpha value is -2.86. The van der Waals surface area contributed by atoms with Crippen LogP contribution in [0.1, 0.15) is 38.7 Å². The molecular weight excluding hydrogens is 398 g/mol. The Labute approximate surface area is 191 Å². The van der Waals surface area contributed by atoms with Crippen molar-refractivity contribution in [3.05, 3.63) is 60.2 Å². The number of aromatic amines is 1. The highest BCUT2D eigenvalue weighted by molar-refractivity contribution is 5.79. The standard InChI is InChI=1S/C26H35N5O/c1-20(2)31(19-21-9-4-3-5-10-21)16-8-15-27-25(32)22-13-17-30(18-14-22)26-28-23-11-6-7-12-24(23)29-26/h3-7,9-12,20,22H,8,13-19H2,1-2H3,(H,27,32)(H,28,29). The minimum Gasteiger partial charge on any atom is -0.356 e. The molecule has 0 spiro atoms. The number of fused-ring (bicyclic) bond motifs is 1. The summed E-state index contributed by atoms with van der Waals surface area (Å²) < 4.78 is 0. The quantitative estimate of drug-likeness (QED) is 0.497. The smallest absolute Gasteiger partial charge is 0.223 e. The molecule has 0 radical (unpaired) electrons. The minimum absolute atomic E-state index is 0.0983. The number of amides is 1. The lowest BCUT2D eigenvalue weighted by atomic mass is 9.96. The summed E-state index contributed by atoms with van der Waals surface area (Å²) in [6.45, 7) is 8.85. The summed E-state index contributed by atoms with van der Waals surface area (Å²) in [5.74, 6) is 1.21. The van der Waals surface area contributed by atoms with Gasteiger partial charge in [0.1, 0.15) is 0 Å². The lowest BCUT2D eigenvalue weighted by Crippen LogP contribution is -2.41. The molecule has 0 atom stereocenters. The number of hydrogen-bond donors (Lipinski definition) is 2. The number of nitrogens with one attached hydrogen (secondary N) is 2. The Kier molecular flexibility index (Phi) is 7.43. The Bertz CT molecular complexity index is 959. The molecule has 1 amide bonds. The molecule has 1 aromatic heterocycles. The van der Waals surface area contributed by atoms with Crippen molar-refractivity contribution in [2.24, 2.45) is 5.92 Å². The number of carbonyl (C=O) groups excluding carboxylic acids is 1. The fraction of sp³-hybridized carbons (Fsp3) is 0.462. The number of piperidine rings is 1. The van der Waals surface area contributed by atoms with E-state index in [4.69, 9.17) is 4.98 Å². The van der Waals surface area contributed by atoms with Crippen molar-refractivity contribution in [2.75, 3.05) is 31.1 Å². The van der Waals surface area contributed by atoms with Crippen LogP contribution in [-0.4, -0.2) is 53.0 Å². The van der Waals surface area contributed by atoms with Crippen LogP contribution >= 0.6 is 0 Å². The summed E-state index contributed by atoms with van der Waals surface area (Å²) in [4.78, 5) is 25.5. The second-order valence-corrected chi connectivity index (χ2v) is 9.03. The number of carbonyl (C=O) groups is 1. The number of para-hydroxylation sites is 2. The summed E-state index contributed by atoms with van der Waals surface area (Å²) >= 11 is 0. The van der Waals surface area contributed by atoms with Gasteiger partial charge in [0.2, 0.25) is 11.9 Å². The topological polar surface area (TPSA) is 64.3 Å². The number of rotatable bonds is 9. The van der Waals surface area contributed by atoms with Crippen molar-refractivity contribution in [3.63, 3.8) is 0 Å². The molecule has 4 rings (SSSR count). The molecule has 170 valence electrons. The second-order valence-electron chi connectivity index (χ2n) is 9.03. The maximum absolute atomic E-state index is 12.7. The van der Waals surface area contributed by atoms with E-state index in [0.29, 0.717) is 6.04 Å². The molecule has 2 heterocycles. The molecular formula is C26H35N5O. The van der Waals surface area contributed by atoms with Gasteiger partial charge in [0.15, 0.2) is 0 Å². The number of aromatic nitrogens is 2. The monoisotopic (exact) mass is 433 g/mol. The molecule has 0 saturated carbocycles. The third kappa shape index (κ3) is 5.68. The van der Waals surface area contributed by atoms with E-state index in [-0.39, 0.29) is 11.8 Å². The van der Waals surface area contributed by atoms with E-state index >= 15 is 0 Å². The molecule has 0 bridgehead atoms. The van der Waals surface area contributed by atoms with E-state index in [1.165, 1.54) is 5.56 Å². The largest absolute Gasteiger partial charge is 0.356 e. The van der Waals surface area contributed by atoms with Gasteiger partial charge in [-0.05, 0) is 50.8 Å². The molecule has 6 heteroatoms. The van der Waals surface area contributed by atoms with E-state index < -0.39 is 0 Å². The first kappa shape index (κ1) is 22.3. The van der Waals surface area contributed by atoms with Crippen LogP contribution in [0.5, 0.6) is 0 Å². The first-order chi connectivity index (χ1) is 15.6. The summed E-state index contributed by atoms with van der Waals surface area (Å²) in [5.41, 5.74) is 3.39. The van der Waals surface area contributed by atoms with Gasteiger partial charge in [0.05, 0.1) is 11.0 Å². The zero-order chi connectivity index (χ0) is 22.3. The SMILES string of the molecule is CC(C)N(CCCNC(=O)C1CCN(c2nc3ccccc3[nH]2)CC1)Cc1ccccc1. The summed E-state index contributed by atoms with van der Waals surface area (Å²) in [5, 5.41) is 3.18. The van der Waals surface area contributed by atoms with Crippen molar-refractivity contribution >= 4 is 22.9 Å². The fourth-order valence-corrected chi connectivity index (χ4v) is 4.42. The molecule has 1 aliphatic rings. The first-order valence-electron chi connectivity index (χ1n) is 11.9. The van der Waals surface area contributed by atoms with Crippen molar-refractivity contribution in [1.82, 2.24) is 20.2 Å². The van der Waals surface area contributed by atoms with Gasteiger partial charge in [-0.1, -0.05) is 42.5 Å². The average Bonchev–Trinajstić information content (AvgIpc) is 3.26. The Morgan fingerprint density at radius 1 is 1.12 bits per heavy atom. The normalized spacial score (nSPS) is 15.1. The van der Waals surface area contributed by atoms with E-state index in [0.717, 1.165) is 69.0 Å². The molecule has 2 N–H and O–H groups in total. The fourth-order valence-electron chi connectivity index (χ4n) is 4.42. The molecule has 1 fully saturated rings. The van der Waals surface area contributed by atoms with E-state index in [2.05, 4.69) is 64.3 Å². The van der Waals surface area contributed by atoms with Gasteiger partial charge in [-0.15, -0.1) is 0 Å². The zero-order valence-electron chi connectivity index (χ0n) is 19.3. The predicted octanol–water partition coefficient (Wildman–Crippen LogP) is 4.20. The third-order valence-electron chi connectivity index (χ3n) is 6.42. The van der Waals surface area contributed by atoms with Gasteiger partial charge in [-0.3, -0.25) is 9.69 Å². The Balaban J connectivity index is 1.18. The van der Waals surface area contributed by atoms with Crippen LogP contribution in [0.25, 0.3) is 11.0 Å². The van der Waals surface area contributed by atoms with Gasteiger partial charge in [-0.2, -0.15) is 0 Å². The molecule has 3 aromatic rings. The molecule has 1 aliphatic heterocycles. The maximum Gasteiger partial charge on any atom is 0.223 e. The molecule has 0 unspecified atom stereocenters. The highest BCUT2D eigenvalue weighted by atomic mass is 16.1. The molecule has 0 aliphatic carbocycles. The summed E-state index contributed by atoms with van der Waals surface area (Å²) in [7, 11) is 0. The van der Waals surface area contributed by atoms with Crippen LogP contribution in [0.4, 0.5) is 5.95 Å². The van der Waals surface area contributed by atoms with Crippen molar-refractivity contribution in [2.45, 2.75) is 45.7 Å². The number of H-pyrrole nitrogens is 1. The number of imidazole rings is 1. The molecule has 6 nitrogen and oxygen atoms in total.